The summed E-state index contributed by atoms with van der Waals surface area (Å²) in [5.41, 5.74) is 0. The fourth-order valence-electron chi connectivity index (χ4n) is 8.95. The summed E-state index contributed by atoms with van der Waals surface area (Å²) in [7, 11) is 0. The molecule has 17 unspecified atom stereocenters. The Bertz CT molecular complexity index is 1310. The van der Waals surface area contributed by atoms with Gasteiger partial charge in [-0.15, -0.1) is 0 Å². The van der Waals surface area contributed by atoms with Gasteiger partial charge in [-0.05, 0) is 38.5 Å². The maximum Gasteiger partial charge on any atom is 0.220 e. The van der Waals surface area contributed by atoms with Gasteiger partial charge in [-0.25, -0.2) is 0 Å². The van der Waals surface area contributed by atoms with Crippen molar-refractivity contribution in [2.45, 2.75) is 266 Å². The molecular weight excluding hydrogens is 891 g/mol. The lowest BCUT2D eigenvalue weighted by molar-refractivity contribution is -0.379. The first-order chi connectivity index (χ1) is 32.8. The number of unbranched alkanes of at least 4 members (excludes halogenated alkanes) is 18. The Morgan fingerprint density at radius 3 is 1.43 bits per heavy atom. The van der Waals surface area contributed by atoms with E-state index in [9.17, 15) is 61.0 Å². The van der Waals surface area contributed by atoms with Crippen LogP contribution in [-0.2, 0) is 33.2 Å². The van der Waals surface area contributed by atoms with E-state index in [0.29, 0.717) is 12.8 Å². The Balaban J connectivity index is 1.52. The Morgan fingerprint density at radius 1 is 0.515 bits per heavy atom. The van der Waals surface area contributed by atoms with Crippen LogP contribution in [0, 0.1) is 0 Å². The number of ether oxygens (including phenoxy) is 6. The van der Waals surface area contributed by atoms with E-state index in [1.54, 1.807) is 0 Å². The van der Waals surface area contributed by atoms with Gasteiger partial charge in [0.1, 0.15) is 73.2 Å². The minimum absolute atomic E-state index is 0.257. The standard InChI is InChI=1S/C49H91NO18/c1-3-5-7-9-11-12-13-14-15-16-17-18-19-21-23-25-27-37(55)50-32(33(54)26-24-22-20-10-8-6-4-2)31-63-47-43(61)40(58)45(35(29-52)65-47)68-49-44(62)41(59)46(36(30-53)66-49)67-48-42(60)39(57)38(56)34(28-51)64-48/h15-16,32-36,38-49,51-54,56-62H,3-14,17-31H2,1-2H3,(H,50,55)/b16-15-. The Hall–Kier alpha value is -1.47. The summed E-state index contributed by atoms with van der Waals surface area (Å²) in [4.78, 5) is 13.2. The molecule has 3 fully saturated rings. The highest BCUT2D eigenvalue weighted by Crippen LogP contribution is 2.33. The lowest BCUT2D eigenvalue weighted by atomic mass is 9.96. The van der Waals surface area contributed by atoms with Crippen LogP contribution in [0.15, 0.2) is 12.2 Å². The van der Waals surface area contributed by atoms with Crippen LogP contribution >= 0.6 is 0 Å². The average molecular weight is 982 g/mol. The van der Waals surface area contributed by atoms with E-state index in [1.165, 1.54) is 51.4 Å². The lowest BCUT2D eigenvalue weighted by Gasteiger charge is -2.48. The fourth-order valence-corrected chi connectivity index (χ4v) is 8.95. The summed E-state index contributed by atoms with van der Waals surface area (Å²) >= 11 is 0. The zero-order valence-corrected chi connectivity index (χ0v) is 40.8. The molecule has 1 amide bonds. The molecule has 3 aliphatic heterocycles. The zero-order chi connectivity index (χ0) is 49.8. The SMILES string of the molecule is CCCCCCCCC/C=C\CCCCCCCC(=O)NC(COC1OC(CO)C(OC2OC(CO)C(OC3OC(CO)C(O)C(O)C3O)C(O)C2O)C(O)C1O)C(O)CCCCCCCCC. The van der Waals surface area contributed by atoms with Crippen LogP contribution < -0.4 is 5.32 Å². The molecule has 3 heterocycles. The Labute approximate surface area is 404 Å². The molecule has 3 saturated heterocycles. The minimum Gasteiger partial charge on any atom is -0.394 e. The summed E-state index contributed by atoms with van der Waals surface area (Å²) in [5.74, 6) is -0.257. The molecule has 0 saturated carbocycles. The second kappa shape index (κ2) is 34.8. The van der Waals surface area contributed by atoms with E-state index in [1.807, 2.05) is 0 Å². The van der Waals surface area contributed by atoms with Crippen molar-refractivity contribution in [2.75, 3.05) is 26.4 Å². The highest BCUT2D eigenvalue weighted by Gasteiger charge is 2.53. The molecular formula is C49H91NO18. The molecule has 3 aliphatic rings. The van der Waals surface area contributed by atoms with Crippen molar-refractivity contribution in [3.63, 3.8) is 0 Å². The number of carbonyl (C=O) groups excluding carboxylic acids is 1. The summed E-state index contributed by atoms with van der Waals surface area (Å²) in [5, 5.41) is 119. The molecule has 400 valence electrons. The molecule has 0 spiro atoms. The molecule has 0 bridgehead atoms. The quantitative estimate of drug-likeness (QED) is 0.0315. The van der Waals surface area contributed by atoms with Crippen LogP contribution in [0.3, 0.4) is 0 Å². The number of aliphatic hydroxyl groups is 11. The highest BCUT2D eigenvalue weighted by atomic mass is 16.8. The number of rotatable bonds is 36. The number of allylic oxidation sites excluding steroid dienone is 2. The molecule has 0 aromatic rings. The molecule has 0 aromatic heterocycles. The van der Waals surface area contributed by atoms with Crippen LogP contribution in [-0.4, -0.2) is 193 Å². The number of amides is 1. The van der Waals surface area contributed by atoms with Crippen LogP contribution in [0.5, 0.6) is 0 Å². The number of aliphatic hydroxyl groups excluding tert-OH is 11. The average Bonchev–Trinajstić information content (AvgIpc) is 3.33. The molecule has 0 aliphatic carbocycles. The van der Waals surface area contributed by atoms with Gasteiger partial charge in [-0.3, -0.25) is 4.79 Å². The van der Waals surface area contributed by atoms with Crippen molar-refractivity contribution in [1.82, 2.24) is 5.32 Å². The Kier molecular flexibility index (Phi) is 31.1. The maximum absolute atomic E-state index is 13.2. The maximum atomic E-state index is 13.2. The van der Waals surface area contributed by atoms with E-state index >= 15 is 0 Å². The van der Waals surface area contributed by atoms with E-state index in [2.05, 4.69) is 31.3 Å². The lowest BCUT2D eigenvalue weighted by Crippen LogP contribution is -2.66. The summed E-state index contributed by atoms with van der Waals surface area (Å²) in [6.07, 6.45) is 2.10. The summed E-state index contributed by atoms with van der Waals surface area (Å²) < 4.78 is 34.1. The Morgan fingerprint density at radius 2 is 0.926 bits per heavy atom. The molecule has 19 heteroatoms. The van der Waals surface area contributed by atoms with Gasteiger partial charge >= 0.3 is 0 Å². The van der Waals surface area contributed by atoms with Gasteiger partial charge in [0.05, 0.1) is 38.6 Å². The predicted octanol–water partition coefficient (Wildman–Crippen LogP) is 1.87. The summed E-state index contributed by atoms with van der Waals surface area (Å²) in [6.45, 7) is 1.69. The smallest absolute Gasteiger partial charge is 0.220 e. The summed E-state index contributed by atoms with van der Waals surface area (Å²) in [6, 6.07) is -0.884. The third-order valence-corrected chi connectivity index (χ3v) is 13.3. The van der Waals surface area contributed by atoms with Gasteiger partial charge in [0.15, 0.2) is 18.9 Å². The number of hydrogen-bond acceptors (Lipinski definition) is 18. The molecule has 12 N–H and O–H groups in total. The van der Waals surface area contributed by atoms with Gasteiger partial charge in [0, 0.05) is 6.42 Å². The van der Waals surface area contributed by atoms with E-state index in [4.69, 9.17) is 28.4 Å². The first-order valence-corrected chi connectivity index (χ1v) is 25.9. The van der Waals surface area contributed by atoms with Crippen LogP contribution in [0.4, 0.5) is 0 Å². The molecule has 0 radical (unpaired) electrons. The van der Waals surface area contributed by atoms with E-state index in [0.717, 1.165) is 77.0 Å². The van der Waals surface area contributed by atoms with Gasteiger partial charge in [0.25, 0.3) is 0 Å². The minimum atomic E-state index is -1.97. The first kappa shape index (κ1) is 60.8. The van der Waals surface area contributed by atoms with E-state index < -0.39 is 124 Å². The molecule has 19 nitrogen and oxygen atoms in total. The molecule has 3 rings (SSSR count). The van der Waals surface area contributed by atoms with Gasteiger partial charge in [-0.2, -0.15) is 0 Å². The van der Waals surface area contributed by atoms with Crippen LogP contribution in [0.25, 0.3) is 0 Å². The van der Waals surface area contributed by atoms with Crippen LogP contribution in [0.1, 0.15) is 162 Å². The van der Waals surface area contributed by atoms with E-state index in [-0.39, 0.29) is 18.9 Å². The zero-order valence-electron chi connectivity index (χ0n) is 40.8. The van der Waals surface area contributed by atoms with Crippen molar-refractivity contribution in [1.29, 1.82) is 0 Å². The monoisotopic (exact) mass is 982 g/mol. The fraction of sp³-hybridized carbons (Fsp3) is 0.939. The van der Waals surface area contributed by atoms with Crippen molar-refractivity contribution in [3.05, 3.63) is 12.2 Å². The largest absolute Gasteiger partial charge is 0.394 e. The molecule has 0 aromatic carbocycles. The number of carbonyl (C=O) groups is 1. The van der Waals surface area contributed by atoms with Crippen molar-refractivity contribution < 1.29 is 89.4 Å². The number of hydrogen-bond donors (Lipinski definition) is 12. The third-order valence-electron chi connectivity index (χ3n) is 13.3. The molecule has 68 heavy (non-hydrogen) atoms. The van der Waals surface area contributed by atoms with Gasteiger partial charge < -0.3 is 89.9 Å². The second-order valence-corrected chi connectivity index (χ2v) is 19.0. The molecule has 17 atom stereocenters. The first-order valence-electron chi connectivity index (χ1n) is 25.9. The topological polar surface area (TPSA) is 307 Å². The van der Waals surface area contributed by atoms with Crippen molar-refractivity contribution in [2.24, 2.45) is 0 Å². The number of nitrogens with one attached hydrogen (secondary N) is 1. The predicted molar refractivity (Wildman–Crippen MR) is 250 cm³/mol. The van der Waals surface area contributed by atoms with Crippen molar-refractivity contribution >= 4 is 5.91 Å². The van der Waals surface area contributed by atoms with Gasteiger partial charge in [-0.1, -0.05) is 129 Å². The highest BCUT2D eigenvalue weighted by molar-refractivity contribution is 5.76. The normalized spacial score (nSPS) is 33.2. The van der Waals surface area contributed by atoms with Crippen molar-refractivity contribution in [3.8, 4) is 0 Å². The van der Waals surface area contributed by atoms with Gasteiger partial charge in [0.2, 0.25) is 5.91 Å². The third kappa shape index (κ3) is 20.6. The second-order valence-electron chi connectivity index (χ2n) is 19.0. The van der Waals surface area contributed by atoms with Crippen LogP contribution in [0.2, 0.25) is 0 Å².